The second-order valence-electron chi connectivity index (χ2n) is 3.17. The molecule has 0 atom stereocenters. The molecule has 0 heterocycles. The Labute approximate surface area is 68.4 Å². The van der Waals surface area contributed by atoms with E-state index in [1.54, 1.807) is 0 Å². The molecule has 0 saturated heterocycles. The summed E-state index contributed by atoms with van der Waals surface area (Å²) in [4.78, 5) is 0. The van der Waals surface area contributed by atoms with Crippen molar-refractivity contribution in [1.82, 2.24) is 0 Å². The molecule has 60 valence electrons. The molecule has 1 aromatic carbocycles. The topological polar surface area (TPSA) is 12.0 Å². The van der Waals surface area contributed by atoms with E-state index in [1.807, 2.05) is 0 Å². The van der Waals surface area contributed by atoms with Gasteiger partial charge in [-0.3, -0.25) is 0 Å². The summed E-state index contributed by atoms with van der Waals surface area (Å²) in [5.41, 5.74) is 2.51. The Bertz CT molecular complexity index is 228. The van der Waals surface area contributed by atoms with E-state index in [9.17, 15) is 0 Å². The van der Waals surface area contributed by atoms with E-state index in [0.717, 1.165) is 0 Å². The Morgan fingerprint density at radius 1 is 1.27 bits per heavy atom. The van der Waals surface area contributed by atoms with Crippen molar-refractivity contribution >= 4 is 5.69 Å². The Morgan fingerprint density at radius 3 is 2.55 bits per heavy atom. The van der Waals surface area contributed by atoms with Crippen molar-refractivity contribution in [2.75, 3.05) is 5.32 Å². The van der Waals surface area contributed by atoms with Gasteiger partial charge in [-0.05, 0) is 38.5 Å². The predicted octanol–water partition coefficient (Wildman–Crippen LogP) is 2.82. The highest BCUT2D eigenvalue weighted by molar-refractivity contribution is 5.45. The van der Waals surface area contributed by atoms with Gasteiger partial charge in [0, 0.05) is 11.7 Å². The first-order valence-corrected chi connectivity index (χ1v) is 4.01. The van der Waals surface area contributed by atoms with Crippen LogP contribution < -0.4 is 5.32 Å². The van der Waals surface area contributed by atoms with E-state index < -0.39 is 0 Å². The van der Waals surface area contributed by atoms with E-state index in [4.69, 9.17) is 0 Å². The van der Waals surface area contributed by atoms with Gasteiger partial charge in [0.1, 0.15) is 0 Å². The van der Waals surface area contributed by atoms with Crippen molar-refractivity contribution in [2.45, 2.75) is 26.8 Å². The maximum absolute atomic E-state index is 3.35. The van der Waals surface area contributed by atoms with Crippen molar-refractivity contribution in [1.29, 1.82) is 0 Å². The molecule has 0 radical (unpaired) electrons. The molecule has 1 nitrogen and oxygen atoms in total. The fourth-order valence-electron chi connectivity index (χ4n) is 1.07. The van der Waals surface area contributed by atoms with Crippen LogP contribution in [0.1, 0.15) is 19.4 Å². The minimum absolute atomic E-state index is 0.511. The van der Waals surface area contributed by atoms with Gasteiger partial charge in [0.25, 0.3) is 0 Å². The maximum atomic E-state index is 3.35. The molecule has 0 aromatic heterocycles. The lowest BCUT2D eigenvalue weighted by Gasteiger charge is -2.09. The fraction of sp³-hybridized carbons (Fsp3) is 0.400. The van der Waals surface area contributed by atoms with Crippen LogP contribution in [0.4, 0.5) is 5.69 Å². The summed E-state index contributed by atoms with van der Waals surface area (Å²) in [6.45, 7) is 6.39. The van der Waals surface area contributed by atoms with Crippen LogP contribution in [0.5, 0.6) is 0 Å². The molecule has 0 aliphatic heterocycles. The Hall–Kier alpha value is -0.980. The monoisotopic (exact) mass is 149 g/mol. The summed E-state index contributed by atoms with van der Waals surface area (Å²) in [5.74, 6) is 0. The normalized spacial score (nSPS) is 10.2. The third-order valence-electron chi connectivity index (χ3n) is 1.47. The van der Waals surface area contributed by atoms with Crippen LogP contribution in [0.2, 0.25) is 0 Å². The van der Waals surface area contributed by atoms with Gasteiger partial charge in [0.2, 0.25) is 0 Å². The van der Waals surface area contributed by atoms with Crippen LogP contribution in [0.3, 0.4) is 0 Å². The summed E-state index contributed by atoms with van der Waals surface area (Å²) < 4.78 is 0. The van der Waals surface area contributed by atoms with Crippen molar-refractivity contribution in [2.24, 2.45) is 0 Å². The van der Waals surface area contributed by atoms with E-state index in [0.29, 0.717) is 6.04 Å². The van der Waals surface area contributed by atoms with Gasteiger partial charge >= 0.3 is 0 Å². The van der Waals surface area contributed by atoms with Crippen LogP contribution >= 0.6 is 0 Å². The van der Waals surface area contributed by atoms with Crippen molar-refractivity contribution < 1.29 is 0 Å². The number of hydrogen-bond donors (Lipinski definition) is 1. The van der Waals surface area contributed by atoms with Gasteiger partial charge in [0.15, 0.2) is 0 Å². The third-order valence-corrected chi connectivity index (χ3v) is 1.47. The number of hydrogen-bond acceptors (Lipinski definition) is 1. The van der Waals surface area contributed by atoms with E-state index in [1.165, 1.54) is 11.3 Å². The minimum Gasteiger partial charge on any atom is -0.383 e. The van der Waals surface area contributed by atoms with Crippen molar-refractivity contribution in [3.05, 3.63) is 29.8 Å². The van der Waals surface area contributed by atoms with E-state index in [2.05, 4.69) is 50.4 Å². The second-order valence-corrected chi connectivity index (χ2v) is 3.17. The standard InChI is InChI=1S/C10H15N/c1-8(2)11-10-6-4-5-9(3)7-10/h4-8,11H,1-3H3. The Balaban J connectivity index is 2.71. The lowest BCUT2D eigenvalue weighted by atomic mass is 10.2. The highest BCUT2D eigenvalue weighted by Gasteiger charge is 1.93. The molecule has 0 aliphatic rings. The average molecular weight is 149 g/mol. The largest absolute Gasteiger partial charge is 0.383 e. The van der Waals surface area contributed by atoms with Crippen molar-refractivity contribution in [3.8, 4) is 0 Å². The molecule has 0 spiro atoms. The van der Waals surface area contributed by atoms with Crippen LogP contribution in [-0.4, -0.2) is 6.04 Å². The van der Waals surface area contributed by atoms with Crippen LogP contribution in [0.25, 0.3) is 0 Å². The molecule has 11 heavy (non-hydrogen) atoms. The number of benzene rings is 1. The average Bonchev–Trinajstić information content (AvgIpc) is 1.85. The molecule has 1 rings (SSSR count). The minimum atomic E-state index is 0.511. The summed E-state index contributed by atoms with van der Waals surface area (Å²) in [7, 11) is 0. The lowest BCUT2D eigenvalue weighted by Crippen LogP contribution is -2.09. The van der Waals surface area contributed by atoms with E-state index in [-0.39, 0.29) is 0 Å². The molecule has 0 amide bonds. The zero-order valence-electron chi connectivity index (χ0n) is 7.39. The summed E-state index contributed by atoms with van der Waals surface area (Å²) in [6, 6.07) is 8.93. The summed E-state index contributed by atoms with van der Waals surface area (Å²) in [6.07, 6.45) is 0. The van der Waals surface area contributed by atoms with E-state index >= 15 is 0 Å². The zero-order chi connectivity index (χ0) is 8.27. The highest BCUT2D eigenvalue weighted by Crippen LogP contribution is 2.10. The van der Waals surface area contributed by atoms with Crippen LogP contribution in [-0.2, 0) is 0 Å². The van der Waals surface area contributed by atoms with Crippen molar-refractivity contribution in [3.63, 3.8) is 0 Å². The molecule has 0 fully saturated rings. The fourth-order valence-corrected chi connectivity index (χ4v) is 1.07. The first-order chi connectivity index (χ1) is 5.18. The Morgan fingerprint density at radius 2 is 2.00 bits per heavy atom. The molecule has 0 saturated carbocycles. The first-order valence-electron chi connectivity index (χ1n) is 4.01. The summed E-state index contributed by atoms with van der Waals surface area (Å²) in [5, 5.41) is 3.35. The van der Waals surface area contributed by atoms with Crippen LogP contribution in [0.15, 0.2) is 24.3 Å². The maximum Gasteiger partial charge on any atom is 0.0344 e. The van der Waals surface area contributed by atoms with Gasteiger partial charge in [0.05, 0.1) is 0 Å². The molecule has 1 heteroatoms. The molecule has 0 aliphatic carbocycles. The zero-order valence-corrected chi connectivity index (χ0v) is 7.39. The second kappa shape index (κ2) is 3.42. The highest BCUT2D eigenvalue weighted by atomic mass is 14.9. The quantitative estimate of drug-likeness (QED) is 0.681. The number of nitrogens with one attached hydrogen (secondary N) is 1. The first kappa shape index (κ1) is 8.12. The SMILES string of the molecule is Cc1cccc(NC(C)C)c1. The molecule has 0 bridgehead atoms. The van der Waals surface area contributed by atoms with Gasteiger partial charge in [-0.2, -0.15) is 0 Å². The predicted molar refractivity (Wildman–Crippen MR) is 49.9 cm³/mol. The summed E-state index contributed by atoms with van der Waals surface area (Å²) >= 11 is 0. The number of anilines is 1. The molecule has 0 unspecified atom stereocenters. The molecular formula is C10H15N. The molecule has 1 N–H and O–H groups in total. The van der Waals surface area contributed by atoms with Gasteiger partial charge in [-0.25, -0.2) is 0 Å². The number of rotatable bonds is 2. The third kappa shape index (κ3) is 2.62. The molecule has 1 aromatic rings. The molecular weight excluding hydrogens is 134 g/mol. The smallest absolute Gasteiger partial charge is 0.0344 e. The lowest BCUT2D eigenvalue weighted by molar-refractivity contribution is 0.899. The number of aryl methyl sites for hydroxylation is 1. The van der Waals surface area contributed by atoms with Crippen LogP contribution in [0, 0.1) is 6.92 Å². The Kier molecular flexibility index (Phi) is 2.53. The van der Waals surface area contributed by atoms with Gasteiger partial charge in [-0.1, -0.05) is 12.1 Å². The van der Waals surface area contributed by atoms with Gasteiger partial charge in [-0.15, -0.1) is 0 Å². The van der Waals surface area contributed by atoms with Gasteiger partial charge < -0.3 is 5.32 Å².